The highest BCUT2D eigenvalue weighted by molar-refractivity contribution is 9.10. The molecule has 2 nitrogen and oxygen atoms in total. The molecule has 0 amide bonds. The van der Waals surface area contributed by atoms with Gasteiger partial charge in [-0.3, -0.25) is 0 Å². The number of aliphatic hydroxyl groups excluding tert-OH is 1. The number of rotatable bonds is 5. The predicted molar refractivity (Wildman–Crippen MR) is 64.7 cm³/mol. The summed E-state index contributed by atoms with van der Waals surface area (Å²) in [7, 11) is 0. The lowest BCUT2D eigenvalue weighted by Gasteiger charge is -2.19. The molecule has 0 fully saturated rings. The highest BCUT2D eigenvalue weighted by Crippen LogP contribution is 2.25. The van der Waals surface area contributed by atoms with E-state index >= 15 is 0 Å². The van der Waals surface area contributed by atoms with E-state index in [1.807, 2.05) is 5.38 Å². The molecular weight excluding hydrogens is 262 g/mol. The third-order valence-corrected chi connectivity index (χ3v) is 4.02. The second-order valence-electron chi connectivity index (χ2n) is 3.38. The zero-order chi connectivity index (χ0) is 10.6. The zero-order valence-corrected chi connectivity index (χ0v) is 10.9. The molecule has 14 heavy (non-hydrogen) atoms. The Morgan fingerprint density at radius 3 is 2.79 bits per heavy atom. The smallest absolute Gasteiger partial charge is 0.0652 e. The molecule has 2 N–H and O–H groups in total. The molecule has 0 aliphatic carbocycles. The summed E-state index contributed by atoms with van der Waals surface area (Å²) in [5, 5.41) is 14.7. The van der Waals surface area contributed by atoms with Gasteiger partial charge in [0.15, 0.2) is 0 Å². The third-order valence-electron chi connectivity index (χ3n) is 2.21. The van der Waals surface area contributed by atoms with Crippen LogP contribution in [0.1, 0.15) is 31.2 Å². The summed E-state index contributed by atoms with van der Waals surface area (Å²) in [6.07, 6.45) is 1.07. The average Bonchev–Trinajstić information content (AvgIpc) is 2.60. The summed E-state index contributed by atoms with van der Waals surface area (Å²) >= 11 is 5.08. The van der Waals surface area contributed by atoms with Crippen LogP contribution in [0.3, 0.4) is 0 Å². The Kier molecular flexibility index (Phi) is 5.09. The van der Waals surface area contributed by atoms with Crippen molar-refractivity contribution in [1.82, 2.24) is 5.32 Å². The quantitative estimate of drug-likeness (QED) is 0.868. The van der Waals surface area contributed by atoms with Crippen molar-refractivity contribution in [2.45, 2.75) is 32.4 Å². The summed E-state index contributed by atoms with van der Waals surface area (Å²) in [6.45, 7) is 4.42. The van der Waals surface area contributed by atoms with E-state index in [0.29, 0.717) is 6.04 Å². The Hall–Kier alpha value is 0.1000. The first-order chi connectivity index (χ1) is 6.67. The minimum atomic E-state index is 0.0706. The van der Waals surface area contributed by atoms with E-state index in [1.54, 1.807) is 11.3 Å². The van der Waals surface area contributed by atoms with Crippen molar-refractivity contribution in [3.63, 3.8) is 0 Å². The Morgan fingerprint density at radius 2 is 2.36 bits per heavy atom. The molecule has 0 aromatic carbocycles. The maximum absolute atomic E-state index is 9.26. The average molecular weight is 278 g/mol. The van der Waals surface area contributed by atoms with E-state index in [9.17, 15) is 5.11 Å². The van der Waals surface area contributed by atoms with Crippen molar-refractivity contribution in [1.29, 1.82) is 0 Å². The highest BCUT2D eigenvalue weighted by atomic mass is 79.9. The first-order valence-corrected chi connectivity index (χ1v) is 6.45. The number of nitrogens with one attached hydrogen (secondary N) is 1. The second kappa shape index (κ2) is 5.85. The van der Waals surface area contributed by atoms with Crippen molar-refractivity contribution in [3.05, 3.63) is 20.8 Å². The van der Waals surface area contributed by atoms with Crippen LogP contribution in [0.2, 0.25) is 0 Å². The molecule has 0 bridgehead atoms. The lowest BCUT2D eigenvalue weighted by molar-refractivity contribution is 0.236. The second-order valence-corrected chi connectivity index (χ2v) is 5.24. The Morgan fingerprint density at radius 1 is 1.64 bits per heavy atom. The predicted octanol–water partition coefficient (Wildman–Crippen LogP) is 2.93. The van der Waals surface area contributed by atoms with E-state index in [4.69, 9.17) is 0 Å². The molecule has 2 atom stereocenters. The minimum Gasteiger partial charge on any atom is -0.394 e. The van der Waals surface area contributed by atoms with Gasteiger partial charge in [0.05, 0.1) is 12.6 Å². The van der Waals surface area contributed by atoms with Gasteiger partial charge in [0.1, 0.15) is 0 Å². The van der Waals surface area contributed by atoms with Gasteiger partial charge in [-0.15, -0.1) is 11.3 Å². The van der Waals surface area contributed by atoms with Crippen molar-refractivity contribution in [2.24, 2.45) is 0 Å². The topological polar surface area (TPSA) is 32.3 Å². The van der Waals surface area contributed by atoms with Gasteiger partial charge < -0.3 is 10.4 Å². The molecule has 0 spiro atoms. The van der Waals surface area contributed by atoms with Gasteiger partial charge in [-0.05, 0) is 35.3 Å². The molecule has 1 aromatic rings. The lowest BCUT2D eigenvalue weighted by Crippen LogP contribution is -2.31. The monoisotopic (exact) mass is 277 g/mol. The van der Waals surface area contributed by atoms with Crippen LogP contribution in [0.5, 0.6) is 0 Å². The van der Waals surface area contributed by atoms with E-state index in [1.165, 1.54) is 4.88 Å². The number of halogens is 1. The molecule has 4 heteroatoms. The van der Waals surface area contributed by atoms with Gasteiger partial charge >= 0.3 is 0 Å². The molecule has 0 radical (unpaired) electrons. The van der Waals surface area contributed by atoms with Crippen LogP contribution in [0.25, 0.3) is 0 Å². The first-order valence-electron chi connectivity index (χ1n) is 4.78. The van der Waals surface area contributed by atoms with Crippen molar-refractivity contribution < 1.29 is 5.11 Å². The van der Waals surface area contributed by atoms with Crippen LogP contribution in [-0.2, 0) is 0 Å². The van der Waals surface area contributed by atoms with Gasteiger partial charge in [0.2, 0.25) is 0 Å². The molecular formula is C10H16BrNOS. The van der Waals surface area contributed by atoms with Crippen LogP contribution in [0, 0.1) is 0 Å². The van der Waals surface area contributed by atoms with Gasteiger partial charge in [0.25, 0.3) is 0 Å². The normalized spacial score (nSPS) is 15.4. The molecule has 80 valence electrons. The van der Waals surface area contributed by atoms with E-state index in [0.717, 1.165) is 10.9 Å². The SMILES string of the molecule is CCC(C)NC(CO)c1cc(Br)cs1. The molecule has 0 saturated carbocycles. The number of thiophene rings is 1. The third kappa shape index (κ3) is 3.35. The number of aliphatic hydroxyl groups is 1. The number of hydrogen-bond acceptors (Lipinski definition) is 3. The van der Waals surface area contributed by atoms with Gasteiger partial charge in [0, 0.05) is 20.8 Å². The fourth-order valence-corrected chi connectivity index (χ4v) is 2.69. The Balaban J connectivity index is 2.62. The van der Waals surface area contributed by atoms with Crippen molar-refractivity contribution in [2.75, 3.05) is 6.61 Å². The summed E-state index contributed by atoms with van der Waals surface area (Å²) in [4.78, 5) is 1.18. The largest absolute Gasteiger partial charge is 0.394 e. The number of hydrogen-bond donors (Lipinski definition) is 2. The summed E-state index contributed by atoms with van der Waals surface area (Å²) in [6, 6.07) is 2.57. The van der Waals surface area contributed by atoms with E-state index in [2.05, 4.69) is 41.2 Å². The van der Waals surface area contributed by atoms with Crippen molar-refractivity contribution >= 4 is 27.3 Å². The van der Waals surface area contributed by atoms with Crippen LogP contribution < -0.4 is 5.32 Å². The first kappa shape index (κ1) is 12.2. The summed E-state index contributed by atoms with van der Waals surface area (Å²) in [5.41, 5.74) is 0. The molecule has 0 saturated heterocycles. The van der Waals surface area contributed by atoms with Crippen LogP contribution in [-0.4, -0.2) is 17.8 Å². The zero-order valence-electron chi connectivity index (χ0n) is 8.46. The standard InChI is InChI=1S/C10H16BrNOS/c1-3-7(2)12-9(5-13)10-4-8(11)6-14-10/h4,6-7,9,12-13H,3,5H2,1-2H3. The highest BCUT2D eigenvalue weighted by Gasteiger charge is 2.13. The summed E-state index contributed by atoms with van der Waals surface area (Å²) in [5.74, 6) is 0. The minimum absolute atomic E-state index is 0.0706. The van der Waals surface area contributed by atoms with Crippen LogP contribution in [0.15, 0.2) is 15.9 Å². The van der Waals surface area contributed by atoms with Gasteiger partial charge in [-0.25, -0.2) is 0 Å². The van der Waals surface area contributed by atoms with Gasteiger partial charge in [-0.1, -0.05) is 6.92 Å². The summed E-state index contributed by atoms with van der Waals surface area (Å²) < 4.78 is 1.09. The maximum Gasteiger partial charge on any atom is 0.0652 e. The van der Waals surface area contributed by atoms with Crippen molar-refractivity contribution in [3.8, 4) is 0 Å². The fourth-order valence-electron chi connectivity index (χ4n) is 1.20. The van der Waals surface area contributed by atoms with E-state index < -0.39 is 0 Å². The molecule has 2 unspecified atom stereocenters. The Bertz CT molecular complexity index is 277. The van der Waals surface area contributed by atoms with Crippen LogP contribution in [0.4, 0.5) is 0 Å². The fraction of sp³-hybridized carbons (Fsp3) is 0.600. The lowest BCUT2D eigenvalue weighted by atomic mass is 10.2. The Labute approximate surface area is 97.5 Å². The molecule has 1 heterocycles. The van der Waals surface area contributed by atoms with E-state index in [-0.39, 0.29) is 12.6 Å². The molecule has 1 rings (SSSR count). The molecule has 1 aromatic heterocycles. The van der Waals surface area contributed by atoms with Gasteiger partial charge in [-0.2, -0.15) is 0 Å². The molecule has 0 aliphatic heterocycles. The maximum atomic E-state index is 9.26. The van der Waals surface area contributed by atoms with Crippen LogP contribution >= 0.6 is 27.3 Å². The molecule has 0 aliphatic rings.